The monoisotopic (exact) mass is 360 g/mol. The van der Waals surface area contributed by atoms with Crippen LogP contribution in [0.3, 0.4) is 0 Å². The summed E-state index contributed by atoms with van der Waals surface area (Å²) in [6.07, 6.45) is 2.13. The lowest BCUT2D eigenvalue weighted by molar-refractivity contribution is -0.132. The van der Waals surface area contributed by atoms with Crippen molar-refractivity contribution in [3.05, 3.63) is 24.3 Å². The molecule has 7 nitrogen and oxygen atoms in total. The Bertz CT molecular complexity index is 623. The Morgan fingerprint density at radius 1 is 1.08 bits per heavy atom. The highest BCUT2D eigenvalue weighted by Crippen LogP contribution is 2.22. The summed E-state index contributed by atoms with van der Waals surface area (Å²) in [5.74, 6) is 0.804. The maximum absolute atomic E-state index is 12.1. The van der Waals surface area contributed by atoms with Gasteiger partial charge in [-0.1, -0.05) is 6.07 Å². The van der Waals surface area contributed by atoms with Gasteiger partial charge in [-0.05, 0) is 25.0 Å². The number of nitrogens with zero attached hydrogens (tertiary/aromatic N) is 3. The Labute approximate surface area is 154 Å². The molecule has 0 aromatic heterocycles. The molecule has 0 unspecified atom stereocenters. The van der Waals surface area contributed by atoms with E-state index >= 15 is 0 Å². The maximum atomic E-state index is 12.1. The Hall–Kier alpha value is -2.28. The minimum absolute atomic E-state index is 0.0266. The second kappa shape index (κ2) is 8.89. The predicted molar refractivity (Wildman–Crippen MR) is 100 cm³/mol. The van der Waals surface area contributed by atoms with Gasteiger partial charge in [-0.15, -0.1) is 0 Å². The lowest BCUT2D eigenvalue weighted by Crippen LogP contribution is -2.50. The molecular formula is C19H28N4O3. The first kappa shape index (κ1) is 18.5. The second-order valence-electron chi connectivity index (χ2n) is 6.83. The fourth-order valence-corrected chi connectivity index (χ4v) is 3.48. The first-order valence-corrected chi connectivity index (χ1v) is 9.31. The number of rotatable bonds is 6. The first-order chi connectivity index (χ1) is 12.7. The number of likely N-dealkylation sites (tertiary alicyclic amines) is 1. The molecule has 1 aromatic carbocycles. The zero-order valence-electron chi connectivity index (χ0n) is 15.4. The van der Waals surface area contributed by atoms with Crippen LogP contribution in [-0.2, 0) is 9.59 Å². The minimum atomic E-state index is -0.0765. The summed E-state index contributed by atoms with van der Waals surface area (Å²) >= 11 is 0. The molecule has 1 N–H and O–H groups in total. The van der Waals surface area contributed by atoms with E-state index in [2.05, 4.69) is 21.2 Å². The van der Waals surface area contributed by atoms with E-state index in [1.165, 1.54) is 0 Å². The smallest absolute Gasteiger partial charge is 0.241 e. The first-order valence-electron chi connectivity index (χ1n) is 9.31. The fraction of sp³-hybridized carbons (Fsp3) is 0.579. The summed E-state index contributed by atoms with van der Waals surface area (Å²) in [6.45, 7) is 5.49. The third-order valence-electron chi connectivity index (χ3n) is 5.05. The van der Waals surface area contributed by atoms with E-state index in [1.54, 1.807) is 7.11 Å². The van der Waals surface area contributed by atoms with Crippen molar-refractivity contribution < 1.29 is 14.3 Å². The number of benzene rings is 1. The van der Waals surface area contributed by atoms with Crippen LogP contribution in [0, 0.1) is 0 Å². The highest BCUT2D eigenvalue weighted by Gasteiger charge is 2.21. The molecule has 2 aliphatic heterocycles. The molecule has 0 atom stereocenters. The third-order valence-corrected chi connectivity index (χ3v) is 5.05. The van der Waals surface area contributed by atoms with E-state index in [4.69, 9.17) is 4.74 Å². The van der Waals surface area contributed by atoms with Crippen molar-refractivity contribution >= 4 is 17.5 Å². The van der Waals surface area contributed by atoms with Crippen molar-refractivity contribution in [2.45, 2.75) is 12.8 Å². The summed E-state index contributed by atoms with van der Waals surface area (Å²) in [5, 5.41) is 2.76. The summed E-state index contributed by atoms with van der Waals surface area (Å²) in [5.41, 5.74) is 1.14. The van der Waals surface area contributed by atoms with Gasteiger partial charge in [0.2, 0.25) is 11.8 Å². The number of hydrogen-bond donors (Lipinski definition) is 1. The average molecular weight is 360 g/mol. The molecule has 142 valence electrons. The van der Waals surface area contributed by atoms with Gasteiger partial charge in [0, 0.05) is 51.0 Å². The second-order valence-corrected chi connectivity index (χ2v) is 6.83. The van der Waals surface area contributed by atoms with Crippen LogP contribution in [0.4, 0.5) is 5.69 Å². The molecular weight excluding hydrogens is 332 g/mol. The highest BCUT2D eigenvalue weighted by atomic mass is 16.5. The topological polar surface area (TPSA) is 65.1 Å². The molecule has 2 heterocycles. The van der Waals surface area contributed by atoms with Gasteiger partial charge in [-0.25, -0.2) is 0 Å². The van der Waals surface area contributed by atoms with Gasteiger partial charge in [0.1, 0.15) is 5.75 Å². The molecule has 2 fully saturated rings. The number of ether oxygens (including phenoxy) is 1. The molecule has 7 heteroatoms. The molecule has 2 saturated heterocycles. The molecule has 2 aliphatic rings. The zero-order chi connectivity index (χ0) is 18.4. The molecule has 0 spiro atoms. The molecule has 1 aromatic rings. The minimum Gasteiger partial charge on any atom is -0.497 e. The van der Waals surface area contributed by atoms with Crippen molar-refractivity contribution in [2.75, 3.05) is 64.4 Å². The summed E-state index contributed by atoms with van der Waals surface area (Å²) < 4.78 is 5.28. The van der Waals surface area contributed by atoms with Gasteiger partial charge in [0.25, 0.3) is 0 Å². The number of anilines is 1. The number of carbonyl (C=O) groups is 2. The standard InChI is InChI=1S/C19H28N4O3/c1-26-17-6-4-5-16(13-17)22-11-9-21(10-12-22)15-18(24)20-14-19(25)23-7-2-3-8-23/h4-6,13H,2-3,7-12,14-15H2,1H3,(H,20,24). The normalized spacial score (nSPS) is 18.0. The molecule has 2 amide bonds. The lowest BCUT2D eigenvalue weighted by atomic mass is 10.2. The van der Waals surface area contributed by atoms with Crippen molar-refractivity contribution in [1.29, 1.82) is 0 Å². The molecule has 0 radical (unpaired) electrons. The number of carbonyl (C=O) groups excluding carboxylic acids is 2. The third kappa shape index (κ3) is 4.88. The van der Waals surface area contributed by atoms with Crippen LogP contribution in [0.1, 0.15) is 12.8 Å². The van der Waals surface area contributed by atoms with E-state index in [-0.39, 0.29) is 18.4 Å². The van der Waals surface area contributed by atoms with Gasteiger partial charge in [0.15, 0.2) is 0 Å². The maximum Gasteiger partial charge on any atom is 0.241 e. The van der Waals surface area contributed by atoms with Crippen molar-refractivity contribution in [3.63, 3.8) is 0 Å². The Morgan fingerprint density at radius 3 is 2.50 bits per heavy atom. The van der Waals surface area contributed by atoms with Crippen LogP contribution in [0.5, 0.6) is 5.75 Å². The lowest BCUT2D eigenvalue weighted by Gasteiger charge is -2.35. The summed E-state index contributed by atoms with van der Waals surface area (Å²) in [7, 11) is 1.67. The van der Waals surface area contributed by atoms with Gasteiger partial charge < -0.3 is 19.9 Å². The zero-order valence-corrected chi connectivity index (χ0v) is 15.4. The highest BCUT2D eigenvalue weighted by molar-refractivity contribution is 5.85. The van der Waals surface area contributed by atoms with Crippen LogP contribution in [0.2, 0.25) is 0 Å². The Balaban J connectivity index is 1.39. The number of amides is 2. The van der Waals surface area contributed by atoms with Gasteiger partial charge in [0.05, 0.1) is 20.2 Å². The average Bonchev–Trinajstić information content (AvgIpc) is 3.22. The molecule has 3 rings (SSSR count). The van der Waals surface area contributed by atoms with Crippen molar-refractivity contribution in [1.82, 2.24) is 15.1 Å². The summed E-state index contributed by atoms with van der Waals surface area (Å²) in [4.78, 5) is 30.3. The predicted octanol–water partition coefficient (Wildman–Crippen LogP) is 0.556. The van der Waals surface area contributed by atoms with Crippen LogP contribution < -0.4 is 15.0 Å². The van der Waals surface area contributed by atoms with Crippen LogP contribution >= 0.6 is 0 Å². The molecule has 0 saturated carbocycles. The number of nitrogens with one attached hydrogen (secondary N) is 1. The number of piperazine rings is 1. The van der Waals surface area contributed by atoms with Crippen LogP contribution in [-0.4, -0.2) is 81.1 Å². The molecule has 0 aliphatic carbocycles. The van der Waals surface area contributed by atoms with Crippen LogP contribution in [0.15, 0.2) is 24.3 Å². The molecule has 26 heavy (non-hydrogen) atoms. The van der Waals surface area contributed by atoms with Crippen molar-refractivity contribution in [3.8, 4) is 5.75 Å². The Morgan fingerprint density at radius 2 is 1.81 bits per heavy atom. The largest absolute Gasteiger partial charge is 0.497 e. The number of hydrogen-bond acceptors (Lipinski definition) is 5. The molecule has 0 bridgehead atoms. The van der Waals surface area contributed by atoms with E-state index in [9.17, 15) is 9.59 Å². The van der Waals surface area contributed by atoms with E-state index in [1.807, 2.05) is 23.1 Å². The van der Waals surface area contributed by atoms with E-state index in [0.717, 1.165) is 63.5 Å². The van der Waals surface area contributed by atoms with E-state index < -0.39 is 0 Å². The fourth-order valence-electron chi connectivity index (χ4n) is 3.48. The quantitative estimate of drug-likeness (QED) is 0.803. The summed E-state index contributed by atoms with van der Waals surface area (Å²) in [6, 6.07) is 8.04. The van der Waals surface area contributed by atoms with Crippen molar-refractivity contribution in [2.24, 2.45) is 0 Å². The SMILES string of the molecule is COc1cccc(N2CCN(CC(=O)NCC(=O)N3CCCC3)CC2)c1. The van der Waals surface area contributed by atoms with E-state index in [0.29, 0.717) is 6.54 Å². The van der Waals surface area contributed by atoms with Gasteiger partial charge in [-0.3, -0.25) is 14.5 Å². The van der Waals surface area contributed by atoms with Crippen LogP contribution in [0.25, 0.3) is 0 Å². The number of methoxy groups -OCH3 is 1. The van der Waals surface area contributed by atoms with Gasteiger partial charge >= 0.3 is 0 Å². The van der Waals surface area contributed by atoms with Gasteiger partial charge in [-0.2, -0.15) is 0 Å². The Kier molecular flexibility index (Phi) is 6.33.